The van der Waals surface area contributed by atoms with Gasteiger partial charge in [0.1, 0.15) is 0 Å². The summed E-state index contributed by atoms with van der Waals surface area (Å²) in [5.41, 5.74) is -1.70. The molecule has 1 rings (SSSR count). The summed E-state index contributed by atoms with van der Waals surface area (Å²) in [6.07, 6.45) is 8.39. The monoisotopic (exact) mass is 314 g/mol. The summed E-state index contributed by atoms with van der Waals surface area (Å²) >= 11 is 0. The predicted molar refractivity (Wildman–Crippen MR) is 83.7 cm³/mol. The number of carboxylic acids is 2. The molecule has 2 unspecified atom stereocenters. The lowest BCUT2D eigenvalue weighted by atomic mass is 9.67. The van der Waals surface area contributed by atoms with Crippen LogP contribution in [-0.2, 0) is 9.59 Å². The van der Waals surface area contributed by atoms with E-state index in [-0.39, 0.29) is 18.8 Å². The Morgan fingerprint density at radius 2 is 1.68 bits per heavy atom. The number of rotatable bonds is 10. The van der Waals surface area contributed by atoms with E-state index >= 15 is 0 Å². The molecule has 0 aromatic heterocycles. The highest BCUT2D eigenvalue weighted by Gasteiger charge is 2.50. The van der Waals surface area contributed by atoms with E-state index in [9.17, 15) is 24.9 Å². The number of unbranched alkanes of at least 4 members (excludes halogenated alkanes) is 5. The minimum atomic E-state index is -1.70. The summed E-state index contributed by atoms with van der Waals surface area (Å²) in [5, 5.41) is 28.9. The fraction of sp³-hybridized carbons (Fsp3) is 0.882. The second-order valence-corrected chi connectivity index (χ2v) is 6.67. The van der Waals surface area contributed by atoms with Gasteiger partial charge in [0.2, 0.25) is 0 Å². The molecule has 0 aromatic rings. The van der Waals surface area contributed by atoms with Gasteiger partial charge in [0.15, 0.2) is 5.41 Å². The summed E-state index contributed by atoms with van der Waals surface area (Å²) in [6.45, 7) is 2.17. The molecular formula is C17H30O5. The molecule has 0 aromatic carbocycles. The van der Waals surface area contributed by atoms with Crippen LogP contribution in [0.1, 0.15) is 77.6 Å². The minimum absolute atomic E-state index is 0.0503. The lowest BCUT2D eigenvalue weighted by molar-refractivity contribution is -0.169. The topological polar surface area (TPSA) is 94.8 Å². The molecule has 0 aliphatic heterocycles. The van der Waals surface area contributed by atoms with E-state index in [4.69, 9.17) is 0 Å². The summed E-state index contributed by atoms with van der Waals surface area (Å²) in [5.74, 6) is -2.75. The molecule has 1 saturated carbocycles. The van der Waals surface area contributed by atoms with Crippen LogP contribution < -0.4 is 0 Å². The highest BCUT2D eigenvalue weighted by Crippen LogP contribution is 2.42. The first-order valence-electron chi connectivity index (χ1n) is 8.59. The second kappa shape index (κ2) is 9.13. The number of carboxylic acid groups (broad SMARTS) is 2. The average molecular weight is 314 g/mol. The van der Waals surface area contributed by atoms with Gasteiger partial charge in [0.25, 0.3) is 0 Å². The normalized spacial score (nSPS) is 22.2. The molecule has 0 bridgehead atoms. The molecule has 0 saturated heterocycles. The van der Waals surface area contributed by atoms with Crippen molar-refractivity contribution in [1.82, 2.24) is 0 Å². The van der Waals surface area contributed by atoms with Crippen LogP contribution in [0.2, 0.25) is 0 Å². The molecule has 22 heavy (non-hydrogen) atoms. The van der Waals surface area contributed by atoms with Crippen molar-refractivity contribution in [3.63, 3.8) is 0 Å². The fourth-order valence-corrected chi connectivity index (χ4v) is 3.50. The molecule has 5 nitrogen and oxygen atoms in total. The van der Waals surface area contributed by atoms with Gasteiger partial charge in [-0.15, -0.1) is 0 Å². The van der Waals surface area contributed by atoms with E-state index in [1.165, 1.54) is 25.7 Å². The van der Waals surface area contributed by atoms with E-state index in [0.29, 0.717) is 12.8 Å². The largest absolute Gasteiger partial charge is 0.480 e. The Kier molecular flexibility index (Phi) is 7.87. The Bertz CT molecular complexity index is 352. The summed E-state index contributed by atoms with van der Waals surface area (Å²) in [4.78, 5) is 22.8. The van der Waals surface area contributed by atoms with Crippen molar-refractivity contribution >= 4 is 11.9 Å². The molecule has 128 valence electrons. The van der Waals surface area contributed by atoms with E-state index in [1.807, 2.05) is 0 Å². The summed E-state index contributed by atoms with van der Waals surface area (Å²) in [7, 11) is 0. The van der Waals surface area contributed by atoms with E-state index in [0.717, 1.165) is 19.3 Å². The van der Waals surface area contributed by atoms with Crippen molar-refractivity contribution in [1.29, 1.82) is 0 Å². The van der Waals surface area contributed by atoms with Gasteiger partial charge in [0.05, 0.1) is 6.10 Å². The molecule has 0 amide bonds. The van der Waals surface area contributed by atoms with Crippen LogP contribution in [0.5, 0.6) is 0 Å². The smallest absolute Gasteiger partial charge is 0.321 e. The molecule has 5 heteroatoms. The van der Waals surface area contributed by atoms with Gasteiger partial charge in [-0.05, 0) is 31.6 Å². The van der Waals surface area contributed by atoms with Gasteiger partial charge in [-0.2, -0.15) is 0 Å². The zero-order valence-corrected chi connectivity index (χ0v) is 13.6. The SMILES string of the molecule is CCCCCCCCC(O)C1CCCC(C(=O)O)(C(=O)O)C1. The molecule has 0 spiro atoms. The van der Waals surface area contributed by atoms with Gasteiger partial charge >= 0.3 is 11.9 Å². The number of aliphatic hydroxyl groups is 1. The number of aliphatic carboxylic acids is 2. The number of hydrogen-bond acceptors (Lipinski definition) is 3. The number of aliphatic hydroxyl groups excluding tert-OH is 1. The lowest BCUT2D eigenvalue weighted by Gasteiger charge is -2.36. The quantitative estimate of drug-likeness (QED) is 0.424. The lowest BCUT2D eigenvalue weighted by Crippen LogP contribution is -2.45. The first-order chi connectivity index (χ1) is 10.4. The Hall–Kier alpha value is -1.10. The maximum absolute atomic E-state index is 11.4. The van der Waals surface area contributed by atoms with E-state index < -0.39 is 23.5 Å². The zero-order valence-electron chi connectivity index (χ0n) is 13.6. The van der Waals surface area contributed by atoms with Gasteiger partial charge in [-0.25, -0.2) is 0 Å². The second-order valence-electron chi connectivity index (χ2n) is 6.67. The molecule has 1 aliphatic rings. The first-order valence-corrected chi connectivity index (χ1v) is 8.59. The molecule has 2 atom stereocenters. The minimum Gasteiger partial charge on any atom is -0.480 e. The maximum atomic E-state index is 11.4. The van der Waals surface area contributed by atoms with Gasteiger partial charge in [-0.3, -0.25) is 9.59 Å². The van der Waals surface area contributed by atoms with Crippen molar-refractivity contribution < 1.29 is 24.9 Å². The first kappa shape index (κ1) is 18.9. The Labute approximate surface area is 132 Å². The standard InChI is InChI=1S/C17H30O5/c1-2-3-4-5-6-7-10-14(18)13-9-8-11-17(12-13,15(19)20)16(21)22/h13-14,18H,2-12H2,1H3,(H,19,20)(H,21,22). The Balaban J connectivity index is 2.43. The third-order valence-corrected chi connectivity index (χ3v) is 5.01. The molecule has 1 aliphatic carbocycles. The Morgan fingerprint density at radius 1 is 1.09 bits per heavy atom. The van der Waals surface area contributed by atoms with Crippen LogP contribution >= 0.6 is 0 Å². The zero-order chi connectivity index (χ0) is 16.6. The van der Waals surface area contributed by atoms with Crippen molar-refractivity contribution in [2.75, 3.05) is 0 Å². The molecule has 0 radical (unpaired) electrons. The molecule has 1 fully saturated rings. The van der Waals surface area contributed by atoms with Crippen LogP contribution in [0.15, 0.2) is 0 Å². The number of hydrogen-bond donors (Lipinski definition) is 3. The van der Waals surface area contributed by atoms with E-state index in [1.54, 1.807) is 0 Å². The van der Waals surface area contributed by atoms with Crippen LogP contribution in [0.25, 0.3) is 0 Å². The van der Waals surface area contributed by atoms with Crippen molar-refractivity contribution in [2.24, 2.45) is 11.3 Å². The van der Waals surface area contributed by atoms with E-state index in [2.05, 4.69) is 6.92 Å². The van der Waals surface area contributed by atoms with Crippen LogP contribution in [-0.4, -0.2) is 33.4 Å². The third-order valence-electron chi connectivity index (χ3n) is 5.01. The molecule has 3 N–H and O–H groups in total. The van der Waals surface area contributed by atoms with Crippen LogP contribution in [0, 0.1) is 11.3 Å². The van der Waals surface area contributed by atoms with Crippen molar-refractivity contribution in [2.45, 2.75) is 83.7 Å². The molecule has 0 heterocycles. The van der Waals surface area contributed by atoms with Crippen molar-refractivity contribution in [3.05, 3.63) is 0 Å². The van der Waals surface area contributed by atoms with Crippen molar-refractivity contribution in [3.8, 4) is 0 Å². The summed E-state index contributed by atoms with van der Waals surface area (Å²) < 4.78 is 0. The van der Waals surface area contributed by atoms with Crippen LogP contribution in [0.3, 0.4) is 0 Å². The summed E-state index contributed by atoms with van der Waals surface area (Å²) in [6, 6.07) is 0. The third kappa shape index (κ3) is 4.97. The average Bonchev–Trinajstić information content (AvgIpc) is 2.50. The highest BCUT2D eigenvalue weighted by molar-refractivity contribution is 5.98. The molecular weight excluding hydrogens is 284 g/mol. The van der Waals surface area contributed by atoms with Gasteiger partial charge < -0.3 is 15.3 Å². The number of carbonyl (C=O) groups is 2. The highest BCUT2D eigenvalue weighted by atomic mass is 16.4. The van der Waals surface area contributed by atoms with Gasteiger partial charge in [-0.1, -0.05) is 51.9 Å². The fourth-order valence-electron chi connectivity index (χ4n) is 3.50. The Morgan fingerprint density at radius 3 is 2.27 bits per heavy atom. The maximum Gasteiger partial charge on any atom is 0.321 e. The predicted octanol–water partition coefficient (Wildman–Crippen LogP) is 3.44. The van der Waals surface area contributed by atoms with Gasteiger partial charge in [0, 0.05) is 0 Å². The van der Waals surface area contributed by atoms with Crippen LogP contribution in [0.4, 0.5) is 0 Å².